The van der Waals surface area contributed by atoms with Gasteiger partial charge in [-0.25, -0.2) is 5.43 Å². The second-order valence-corrected chi connectivity index (χ2v) is 0.957. The van der Waals surface area contributed by atoms with Crippen molar-refractivity contribution in [2.75, 3.05) is 13.7 Å². The number of hydrazine groups is 1. The van der Waals surface area contributed by atoms with Crippen LogP contribution in [0.2, 0.25) is 0 Å². The molecule has 3 N–H and O–H groups in total. The molecule has 8 heavy (non-hydrogen) atoms. The summed E-state index contributed by atoms with van der Waals surface area (Å²) >= 11 is 0. The molecule has 0 aliphatic carbocycles. The molecule has 0 fully saturated rings. The topological polar surface area (TPSA) is 64.3 Å². The molecule has 4 nitrogen and oxygen atoms in total. The number of esters is 1. The van der Waals surface area contributed by atoms with Crippen LogP contribution in [0.3, 0.4) is 0 Å². The highest BCUT2D eigenvalue weighted by atomic mass is 35.5. The maximum atomic E-state index is 10.0. The first-order valence-corrected chi connectivity index (χ1v) is 1.81. The van der Waals surface area contributed by atoms with Crippen LogP contribution in [0, 0.1) is 0 Å². The monoisotopic (exact) mass is 140 g/mol. The molecule has 0 radical (unpaired) electrons. The molecule has 0 bridgehead atoms. The molecule has 0 saturated carbocycles. The second-order valence-electron chi connectivity index (χ2n) is 0.957. The van der Waals surface area contributed by atoms with Gasteiger partial charge in [0.25, 0.3) is 0 Å². The first kappa shape index (κ1) is 10.6. The van der Waals surface area contributed by atoms with Crippen LogP contribution < -0.4 is 11.3 Å². The first-order valence-electron chi connectivity index (χ1n) is 1.81. The number of methoxy groups -OCH3 is 1. The number of hydrogen-bond acceptors (Lipinski definition) is 4. The van der Waals surface area contributed by atoms with Crippen LogP contribution in [0.5, 0.6) is 0 Å². The third-order valence-corrected chi connectivity index (χ3v) is 0.474. The van der Waals surface area contributed by atoms with Gasteiger partial charge in [0.05, 0.1) is 7.11 Å². The molecule has 0 saturated heterocycles. The molecule has 0 aromatic carbocycles. The highest BCUT2D eigenvalue weighted by molar-refractivity contribution is 5.85. The zero-order chi connectivity index (χ0) is 5.70. The summed E-state index contributed by atoms with van der Waals surface area (Å²) in [7, 11) is 1.31. The fourth-order valence-corrected chi connectivity index (χ4v) is 0.156. The molecule has 0 aliphatic heterocycles. The summed E-state index contributed by atoms with van der Waals surface area (Å²) in [6.45, 7) is 0.0660. The van der Waals surface area contributed by atoms with Crippen molar-refractivity contribution < 1.29 is 9.53 Å². The normalized spacial score (nSPS) is 7.25. The van der Waals surface area contributed by atoms with E-state index in [4.69, 9.17) is 5.84 Å². The van der Waals surface area contributed by atoms with Crippen molar-refractivity contribution in [1.82, 2.24) is 5.43 Å². The lowest BCUT2D eigenvalue weighted by atomic mass is 10.7. The number of ether oxygens (including phenoxy) is 1. The van der Waals surface area contributed by atoms with E-state index in [1.54, 1.807) is 0 Å². The van der Waals surface area contributed by atoms with Crippen LogP contribution in [0.1, 0.15) is 0 Å². The summed E-state index contributed by atoms with van der Waals surface area (Å²) in [5.41, 5.74) is 2.14. The Morgan fingerprint density at radius 1 is 1.88 bits per heavy atom. The maximum absolute atomic E-state index is 10.0. The summed E-state index contributed by atoms with van der Waals surface area (Å²) in [5, 5.41) is 0. The number of rotatable bonds is 2. The molecule has 0 aromatic heterocycles. The van der Waals surface area contributed by atoms with E-state index >= 15 is 0 Å². The summed E-state index contributed by atoms with van der Waals surface area (Å²) in [6.07, 6.45) is 0. The number of carbonyl (C=O) groups is 1. The number of nitrogens with one attached hydrogen (secondary N) is 1. The van der Waals surface area contributed by atoms with Gasteiger partial charge in [0, 0.05) is 0 Å². The average Bonchev–Trinajstić information content (AvgIpc) is 1.68. The minimum Gasteiger partial charge on any atom is -0.468 e. The predicted octanol–water partition coefficient (Wildman–Crippen LogP) is -0.956. The molecule has 0 aliphatic rings. The Kier molecular flexibility index (Phi) is 8.87. The van der Waals surface area contributed by atoms with E-state index in [0.717, 1.165) is 0 Å². The van der Waals surface area contributed by atoms with Gasteiger partial charge in [-0.2, -0.15) is 0 Å². The lowest BCUT2D eigenvalue weighted by Crippen LogP contribution is -2.29. The smallest absolute Gasteiger partial charge is 0.321 e. The number of hydrogen-bond donors (Lipinski definition) is 2. The van der Waals surface area contributed by atoms with E-state index in [9.17, 15) is 4.79 Å². The van der Waals surface area contributed by atoms with Crippen LogP contribution in [0.25, 0.3) is 0 Å². The van der Waals surface area contributed by atoms with E-state index < -0.39 is 0 Å². The van der Waals surface area contributed by atoms with E-state index in [2.05, 4.69) is 10.2 Å². The Morgan fingerprint density at radius 3 is 2.50 bits per heavy atom. The summed E-state index contributed by atoms with van der Waals surface area (Å²) in [4.78, 5) is 10.0. The van der Waals surface area contributed by atoms with E-state index in [0.29, 0.717) is 0 Å². The molecule has 0 spiro atoms. The van der Waals surface area contributed by atoms with Gasteiger partial charge in [0.1, 0.15) is 6.54 Å². The van der Waals surface area contributed by atoms with E-state index in [1.807, 2.05) is 0 Å². The summed E-state index contributed by atoms with van der Waals surface area (Å²) < 4.78 is 4.21. The molecule has 0 heterocycles. The van der Waals surface area contributed by atoms with Crippen molar-refractivity contribution in [2.24, 2.45) is 5.84 Å². The minimum absolute atomic E-state index is 0. The standard InChI is InChI=1S/C3H8N2O2.ClH/c1-7-3(6)2-5-4;/h5H,2,4H2,1H3;1H. The predicted molar refractivity (Wildman–Crippen MR) is 31.5 cm³/mol. The van der Waals surface area contributed by atoms with Crippen LogP contribution in [-0.4, -0.2) is 19.6 Å². The largest absolute Gasteiger partial charge is 0.468 e. The second kappa shape index (κ2) is 6.68. The molecular weight excluding hydrogens is 131 g/mol. The van der Waals surface area contributed by atoms with Crippen molar-refractivity contribution in [3.05, 3.63) is 0 Å². The Bertz CT molecular complexity index is 68.3. The van der Waals surface area contributed by atoms with Crippen LogP contribution in [0.15, 0.2) is 0 Å². The van der Waals surface area contributed by atoms with E-state index in [-0.39, 0.29) is 24.9 Å². The zero-order valence-corrected chi connectivity index (χ0v) is 5.33. The zero-order valence-electron chi connectivity index (χ0n) is 4.51. The van der Waals surface area contributed by atoms with Crippen LogP contribution >= 0.6 is 12.4 Å². The summed E-state index contributed by atoms with van der Waals surface area (Å²) in [6, 6.07) is 0. The van der Waals surface area contributed by atoms with Crippen molar-refractivity contribution in [3.8, 4) is 0 Å². The first-order chi connectivity index (χ1) is 3.31. The van der Waals surface area contributed by atoms with Gasteiger partial charge in [-0.3, -0.25) is 10.6 Å². The van der Waals surface area contributed by atoms with Gasteiger partial charge >= 0.3 is 5.97 Å². The van der Waals surface area contributed by atoms with E-state index in [1.165, 1.54) is 7.11 Å². The lowest BCUT2D eigenvalue weighted by molar-refractivity contribution is -0.139. The Hall–Kier alpha value is -0.320. The Morgan fingerprint density at radius 2 is 2.38 bits per heavy atom. The number of carbonyl (C=O) groups excluding carboxylic acids is 1. The maximum Gasteiger partial charge on any atom is 0.321 e. The van der Waals surface area contributed by atoms with Crippen molar-refractivity contribution in [1.29, 1.82) is 0 Å². The Labute approximate surface area is 53.8 Å². The van der Waals surface area contributed by atoms with Crippen molar-refractivity contribution in [2.45, 2.75) is 0 Å². The molecule has 0 aromatic rings. The fourth-order valence-electron chi connectivity index (χ4n) is 0.156. The van der Waals surface area contributed by atoms with Gasteiger partial charge in [0.15, 0.2) is 0 Å². The van der Waals surface area contributed by atoms with Crippen LogP contribution in [0.4, 0.5) is 0 Å². The number of nitrogens with two attached hydrogens (primary N) is 1. The lowest BCUT2D eigenvalue weighted by Gasteiger charge is -1.93. The van der Waals surface area contributed by atoms with Crippen molar-refractivity contribution >= 4 is 18.4 Å². The van der Waals surface area contributed by atoms with Gasteiger partial charge in [0.2, 0.25) is 0 Å². The highest BCUT2D eigenvalue weighted by Crippen LogP contribution is 1.63. The van der Waals surface area contributed by atoms with Crippen LogP contribution in [-0.2, 0) is 9.53 Å². The fraction of sp³-hybridized carbons (Fsp3) is 0.667. The quantitative estimate of drug-likeness (QED) is 0.295. The van der Waals surface area contributed by atoms with Gasteiger partial charge in [-0.1, -0.05) is 0 Å². The average molecular weight is 141 g/mol. The summed E-state index contributed by atoms with van der Waals surface area (Å²) in [5.74, 6) is 4.40. The number of halogens is 1. The molecule has 0 amide bonds. The van der Waals surface area contributed by atoms with Gasteiger partial charge in [-0.15, -0.1) is 12.4 Å². The molecule has 50 valence electrons. The van der Waals surface area contributed by atoms with Gasteiger partial charge < -0.3 is 4.74 Å². The SMILES string of the molecule is COC(=O)CNN.Cl. The minimum atomic E-state index is -0.359. The van der Waals surface area contributed by atoms with Gasteiger partial charge in [-0.05, 0) is 0 Å². The molecule has 0 unspecified atom stereocenters. The third kappa shape index (κ3) is 5.68. The Balaban J connectivity index is 0. The molecule has 0 atom stereocenters. The third-order valence-electron chi connectivity index (χ3n) is 0.474. The molecule has 5 heteroatoms. The highest BCUT2D eigenvalue weighted by Gasteiger charge is 1.92. The molecular formula is C3H9ClN2O2. The molecule has 0 rings (SSSR count). The van der Waals surface area contributed by atoms with Crippen molar-refractivity contribution in [3.63, 3.8) is 0 Å².